The molecule has 0 amide bonds. The maximum atomic E-state index is 7.26. The minimum Gasteiger partial charge on any atom is -0.313 e. The van der Waals surface area contributed by atoms with Crippen molar-refractivity contribution >= 4 is 6.21 Å². The van der Waals surface area contributed by atoms with Crippen molar-refractivity contribution in [2.75, 3.05) is 0 Å². The predicted molar refractivity (Wildman–Crippen MR) is 62.9 cm³/mol. The fraction of sp³-hybridized carbons (Fsp3) is 0.923. The summed E-state index contributed by atoms with van der Waals surface area (Å²) in [6, 6.07) is 0. The van der Waals surface area contributed by atoms with Gasteiger partial charge in [0, 0.05) is 0 Å². The molecule has 1 fully saturated rings. The van der Waals surface area contributed by atoms with E-state index in [4.69, 9.17) is 5.41 Å². The van der Waals surface area contributed by atoms with Crippen LogP contribution in [0.1, 0.15) is 59.3 Å². The summed E-state index contributed by atoms with van der Waals surface area (Å²) < 4.78 is 0. The van der Waals surface area contributed by atoms with E-state index in [9.17, 15) is 0 Å². The molecule has 1 aliphatic carbocycles. The van der Waals surface area contributed by atoms with Crippen molar-refractivity contribution in [2.45, 2.75) is 59.3 Å². The SMILES string of the molecule is CCC(C)C(CC=N)CC1(C)CCC1. The van der Waals surface area contributed by atoms with Crippen LogP contribution in [0.4, 0.5) is 0 Å². The molecule has 0 radical (unpaired) electrons. The van der Waals surface area contributed by atoms with Gasteiger partial charge in [0.05, 0.1) is 0 Å². The Kier molecular flexibility index (Phi) is 4.15. The van der Waals surface area contributed by atoms with E-state index in [1.807, 2.05) is 0 Å². The second-order valence-corrected chi connectivity index (χ2v) is 5.45. The van der Waals surface area contributed by atoms with Gasteiger partial charge in [0.25, 0.3) is 0 Å². The zero-order valence-electron chi connectivity index (χ0n) is 9.97. The Balaban J connectivity index is 2.45. The van der Waals surface area contributed by atoms with Gasteiger partial charge in [0.1, 0.15) is 0 Å². The molecule has 1 heteroatoms. The molecule has 82 valence electrons. The predicted octanol–water partition coefficient (Wildman–Crippen LogP) is 4.27. The lowest BCUT2D eigenvalue weighted by molar-refractivity contribution is 0.101. The van der Waals surface area contributed by atoms with Crippen LogP contribution in [0.2, 0.25) is 0 Å². The number of hydrogen-bond donors (Lipinski definition) is 1. The third kappa shape index (κ3) is 2.83. The molecular formula is C13H25N. The standard InChI is InChI=1S/C13H25N/c1-4-11(2)12(6-9-14)10-13(3)7-5-8-13/h9,11-12,14H,4-8,10H2,1-3H3. The molecule has 1 N–H and O–H groups in total. The average molecular weight is 195 g/mol. The van der Waals surface area contributed by atoms with Gasteiger partial charge in [-0.1, -0.05) is 33.6 Å². The van der Waals surface area contributed by atoms with E-state index >= 15 is 0 Å². The fourth-order valence-corrected chi connectivity index (χ4v) is 2.62. The second kappa shape index (κ2) is 4.95. The molecule has 0 aromatic rings. The second-order valence-electron chi connectivity index (χ2n) is 5.45. The van der Waals surface area contributed by atoms with Crippen LogP contribution in [0.25, 0.3) is 0 Å². The molecular weight excluding hydrogens is 170 g/mol. The normalized spacial score (nSPS) is 23.6. The Morgan fingerprint density at radius 1 is 1.43 bits per heavy atom. The van der Waals surface area contributed by atoms with Crippen molar-refractivity contribution in [3.05, 3.63) is 0 Å². The Hall–Kier alpha value is -0.330. The highest BCUT2D eigenvalue weighted by Crippen LogP contribution is 2.47. The quantitative estimate of drug-likeness (QED) is 0.612. The maximum absolute atomic E-state index is 7.26. The lowest BCUT2D eigenvalue weighted by Crippen LogP contribution is -2.30. The lowest BCUT2D eigenvalue weighted by atomic mass is 9.63. The largest absolute Gasteiger partial charge is 0.313 e. The van der Waals surface area contributed by atoms with Crippen molar-refractivity contribution < 1.29 is 0 Å². The summed E-state index contributed by atoms with van der Waals surface area (Å²) in [5.41, 5.74) is 0.622. The van der Waals surface area contributed by atoms with Gasteiger partial charge in [-0.15, -0.1) is 0 Å². The van der Waals surface area contributed by atoms with Gasteiger partial charge in [-0.05, 0) is 49.1 Å². The van der Waals surface area contributed by atoms with Gasteiger partial charge >= 0.3 is 0 Å². The van der Waals surface area contributed by atoms with Crippen molar-refractivity contribution in [2.24, 2.45) is 17.3 Å². The molecule has 0 heterocycles. The van der Waals surface area contributed by atoms with E-state index in [1.54, 1.807) is 6.21 Å². The van der Waals surface area contributed by atoms with Crippen molar-refractivity contribution in [1.82, 2.24) is 0 Å². The molecule has 14 heavy (non-hydrogen) atoms. The Labute approximate surface area is 88.8 Å². The van der Waals surface area contributed by atoms with Crippen LogP contribution in [-0.2, 0) is 0 Å². The molecule has 0 saturated heterocycles. The van der Waals surface area contributed by atoms with Gasteiger partial charge in [0.15, 0.2) is 0 Å². The first kappa shape index (κ1) is 11.7. The molecule has 2 unspecified atom stereocenters. The monoisotopic (exact) mass is 195 g/mol. The number of hydrogen-bond acceptors (Lipinski definition) is 1. The summed E-state index contributed by atoms with van der Waals surface area (Å²) in [5.74, 6) is 1.54. The van der Waals surface area contributed by atoms with Crippen LogP contribution in [0, 0.1) is 22.7 Å². The summed E-state index contributed by atoms with van der Waals surface area (Å²) in [4.78, 5) is 0. The first-order chi connectivity index (χ1) is 6.61. The Morgan fingerprint density at radius 3 is 2.43 bits per heavy atom. The summed E-state index contributed by atoms with van der Waals surface area (Å²) in [5, 5.41) is 7.26. The van der Waals surface area contributed by atoms with Gasteiger partial charge < -0.3 is 5.41 Å². The molecule has 1 nitrogen and oxygen atoms in total. The third-order valence-electron chi connectivity index (χ3n) is 4.18. The van der Waals surface area contributed by atoms with Crippen LogP contribution in [-0.4, -0.2) is 6.21 Å². The van der Waals surface area contributed by atoms with Crippen molar-refractivity contribution in [1.29, 1.82) is 5.41 Å². The minimum absolute atomic E-state index is 0.622. The molecule has 1 saturated carbocycles. The minimum atomic E-state index is 0.622. The molecule has 1 aliphatic rings. The van der Waals surface area contributed by atoms with Crippen molar-refractivity contribution in [3.63, 3.8) is 0 Å². The van der Waals surface area contributed by atoms with E-state index in [0.29, 0.717) is 5.41 Å². The zero-order valence-corrected chi connectivity index (χ0v) is 9.97. The summed E-state index contributed by atoms with van der Waals surface area (Å²) >= 11 is 0. The first-order valence-corrected chi connectivity index (χ1v) is 6.10. The highest BCUT2D eigenvalue weighted by molar-refractivity contribution is 5.53. The summed E-state index contributed by atoms with van der Waals surface area (Å²) in [6.45, 7) is 7.04. The molecule has 0 spiro atoms. The molecule has 0 aromatic carbocycles. The highest BCUT2D eigenvalue weighted by atomic mass is 14.4. The fourth-order valence-electron chi connectivity index (χ4n) is 2.62. The van der Waals surface area contributed by atoms with Gasteiger partial charge in [0.2, 0.25) is 0 Å². The lowest BCUT2D eigenvalue weighted by Gasteiger charge is -2.42. The number of nitrogens with one attached hydrogen (secondary N) is 1. The van der Waals surface area contributed by atoms with E-state index in [-0.39, 0.29) is 0 Å². The third-order valence-corrected chi connectivity index (χ3v) is 4.18. The van der Waals surface area contributed by atoms with Crippen LogP contribution in [0.5, 0.6) is 0 Å². The smallest absolute Gasteiger partial charge is 0.00449 e. The first-order valence-electron chi connectivity index (χ1n) is 6.10. The highest BCUT2D eigenvalue weighted by Gasteiger charge is 2.34. The maximum Gasteiger partial charge on any atom is -0.00449 e. The molecule has 0 aliphatic heterocycles. The van der Waals surface area contributed by atoms with Crippen LogP contribution in [0.15, 0.2) is 0 Å². The van der Waals surface area contributed by atoms with Crippen LogP contribution >= 0.6 is 0 Å². The molecule has 0 aromatic heterocycles. The summed E-state index contributed by atoms with van der Waals surface area (Å²) in [7, 11) is 0. The van der Waals surface area contributed by atoms with E-state index in [0.717, 1.165) is 18.3 Å². The molecule has 1 rings (SSSR count). The average Bonchev–Trinajstić information content (AvgIpc) is 2.13. The molecule has 0 bridgehead atoms. The van der Waals surface area contributed by atoms with Crippen molar-refractivity contribution in [3.8, 4) is 0 Å². The van der Waals surface area contributed by atoms with Gasteiger partial charge in [-0.3, -0.25) is 0 Å². The van der Waals surface area contributed by atoms with Gasteiger partial charge in [-0.25, -0.2) is 0 Å². The summed E-state index contributed by atoms with van der Waals surface area (Å²) in [6.07, 6.45) is 9.46. The van der Waals surface area contributed by atoms with E-state index < -0.39 is 0 Å². The molecule has 2 atom stereocenters. The van der Waals surface area contributed by atoms with Crippen LogP contribution < -0.4 is 0 Å². The van der Waals surface area contributed by atoms with E-state index in [1.165, 1.54) is 32.1 Å². The topological polar surface area (TPSA) is 23.9 Å². The van der Waals surface area contributed by atoms with E-state index in [2.05, 4.69) is 20.8 Å². The number of rotatable bonds is 6. The van der Waals surface area contributed by atoms with Gasteiger partial charge in [-0.2, -0.15) is 0 Å². The zero-order chi connectivity index (χ0) is 10.6. The Bertz CT molecular complexity index is 182. The van der Waals surface area contributed by atoms with Crippen LogP contribution in [0.3, 0.4) is 0 Å². The Morgan fingerprint density at radius 2 is 2.07 bits per heavy atom.